The first-order chi connectivity index (χ1) is 10.8. The number of nitrogens with zero attached hydrogens (tertiary/aromatic N) is 2. The van der Waals surface area contributed by atoms with E-state index < -0.39 is 22.7 Å². The summed E-state index contributed by atoms with van der Waals surface area (Å²) in [5.41, 5.74) is -0.164. The molecule has 1 N–H and O–H groups in total. The Hall–Kier alpha value is -1.73. The normalized spacial score (nSPS) is 26.4. The number of hydrogen-bond donors (Lipinski definition) is 1. The molecular formula is C16H20N2O4S. The second-order valence-electron chi connectivity index (χ2n) is 6.62. The minimum atomic E-state index is -0.826. The van der Waals surface area contributed by atoms with Gasteiger partial charge in [0.15, 0.2) is 0 Å². The Morgan fingerprint density at radius 1 is 1.43 bits per heavy atom. The number of nitro groups is 1. The van der Waals surface area contributed by atoms with Crippen molar-refractivity contribution in [3.63, 3.8) is 0 Å². The number of rotatable bonds is 2. The van der Waals surface area contributed by atoms with Crippen LogP contribution in [0.2, 0.25) is 0 Å². The number of aliphatic hydroxyl groups is 1. The SMILES string of the molecule is CC1(C)Oc2ccc([N+](=O)[O-])cc2[C@@H](N2CCCCC2=S)[C@@H]1O. The standard InChI is InChI=1S/C16H20N2O4S/c1-16(2)15(19)14(17-8-4-3-5-13(17)23)11-9-10(18(20)21)6-7-12(11)22-16/h6-7,9,14-15,19H,3-5,8H2,1-2H3/t14-,15+/m1/s1. The van der Waals surface area contributed by atoms with E-state index >= 15 is 0 Å². The van der Waals surface area contributed by atoms with Gasteiger partial charge < -0.3 is 14.7 Å². The number of thiocarbonyl (C=S) groups is 1. The van der Waals surface area contributed by atoms with Gasteiger partial charge in [-0.25, -0.2) is 0 Å². The van der Waals surface area contributed by atoms with Crippen LogP contribution < -0.4 is 4.74 Å². The van der Waals surface area contributed by atoms with Crippen molar-refractivity contribution in [2.75, 3.05) is 6.54 Å². The second-order valence-corrected chi connectivity index (χ2v) is 7.09. The third kappa shape index (κ3) is 2.79. The van der Waals surface area contributed by atoms with Crippen molar-refractivity contribution in [2.45, 2.75) is 50.9 Å². The van der Waals surface area contributed by atoms with Gasteiger partial charge in [0, 0.05) is 24.2 Å². The van der Waals surface area contributed by atoms with Gasteiger partial charge in [-0.1, -0.05) is 12.2 Å². The molecule has 2 atom stereocenters. The monoisotopic (exact) mass is 336 g/mol. The first kappa shape index (κ1) is 16.1. The van der Waals surface area contributed by atoms with Crippen molar-refractivity contribution in [3.8, 4) is 5.75 Å². The molecule has 3 rings (SSSR count). The minimum absolute atomic E-state index is 0.00724. The van der Waals surface area contributed by atoms with Crippen LogP contribution in [-0.4, -0.2) is 38.2 Å². The molecule has 7 heteroatoms. The first-order valence-corrected chi connectivity index (χ1v) is 8.17. The summed E-state index contributed by atoms with van der Waals surface area (Å²) >= 11 is 5.49. The molecule has 2 heterocycles. The fraction of sp³-hybridized carbons (Fsp3) is 0.562. The van der Waals surface area contributed by atoms with Gasteiger partial charge in [-0.2, -0.15) is 0 Å². The average molecular weight is 336 g/mol. The number of nitro benzene ring substituents is 1. The van der Waals surface area contributed by atoms with Crippen molar-refractivity contribution in [1.82, 2.24) is 4.90 Å². The smallest absolute Gasteiger partial charge is 0.270 e. The van der Waals surface area contributed by atoms with Gasteiger partial charge >= 0.3 is 0 Å². The van der Waals surface area contributed by atoms with E-state index in [0.717, 1.165) is 30.8 Å². The Morgan fingerprint density at radius 3 is 2.83 bits per heavy atom. The lowest BCUT2D eigenvalue weighted by Crippen LogP contribution is -2.55. The molecule has 0 aliphatic carbocycles. The molecule has 1 fully saturated rings. The van der Waals surface area contributed by atoms with Gasteiger partial charge in [0.2, 0.25) is 0 Å². The summed E-state index contributed by atoms with van der Waals surface area (Å²) in [7, 11) is 0. The topological polar surface area (TPSA) is 75.8 Å². The predicted octanol–water partition coefficient (Wildman–Crippen LogP) is 2.98. The molecule has 0 aromatic heterocycles. The predicted molar refractivity (Wildman–Crippen MR) is 89.7 cm³/mol. The highest BCUT2D eigenvalue weighted by molar-refractivity contribution is 7.80. The van der Waals surface area contributed by atoms with E-state index in [0.29, 0.717) is 11.3 Å². The third-order valence-electron chi connectivity index (χ3n) is 4.60. The Balaban J connectivity index is 2.11. The highest BCUT2D eigenvalue weighted by Gasteiger charge is 2.46. The molecule has 124 valence electrons. The van der Waals surface area contributed by atoms with Crippen LogP contribution in [0.25, 0.3) is 0 Å². The van der Waals surface area contributed by atoms with E-state index in [2.05, 4.69) is 0 Å². The number of non-ortho nitro benzene ring substituents is 1. The van der Waals surface area contributed by atoms with Gasteiger partial charge in [0.25, 0.3) is 5.69 Å². The van der Waals surface area contributed by atoms with Crippen LogP contribution in [0.5, 0.6) is 5.75 Å². The van der Waals surface area contributed by atoms with Crippen LogP contribution in [0.15, 0.2) is 18.2 Å². The van der Waals surface area contributed by atoms with Crippen molar-refractivity contribution >= 4 is 22.9 Å². The molecule has 1 aromatic rings. The lowest BCUT2D eigenvalue weighted by molar-refractivity contribution is -0.385. The molecule has 1 aromatic carbocycles. The summed E-state index contributed by atoms with van der Waals surface area (Å²) in [6, 6.07) is 4.12. The molecule has 0 amide bonds. The fourth-order valence-electron chi connectivity index (χ4n) is 3.33. The van der Waals surface area contributed by atoms with Gasteiger partial charge in [-0.05, 0) is 39.2 Å². The number of fused-ring (bicyclic) bond motifs is 1. The van der Waals surface area contributed by atoms with E-state index in [1.54, 1.807) is 6.07 Å². The number of likely N-dealkylation sites (tertiary alicyclic amines) is 1. The summed E-state index contributed by atoms with van der Waals surface area (Å²) in [5.74, 6) is 0.573. The molecular weight excluding hydrogens is 316 g/mol. The number of aliphatic hydroxyl groups excluding tert-OH is 1. The maximum atomic E-state index is 11.1. The van der Waals surface area contributed by atoms with Gasteiger partial charge in [-0.3, -0.25) is 10.1 Å². The molecule has 0 saturated carbocycles. The first-order valence-electron chi connectivity index (χ1n) is 7.76. The largest absolute Gasteiger partial charge is 0.485 e. The van der Waals surface area contributed by atoms with E-state index in [4.69, 9.17) is 17.0 Å². The van der Waals surface area contributed by atoms with Crippen molar-refractivity contribution in [2.24, 2.45) is 0 Å². The molecule has 23 heavy (non-hydrogen) atoms. The van der Waals surface area contributed by atoms with Crippen LogP contribution in [0.3, 0.4) is 0 Å². The lowest BCUT2D eigenvalue weighted by atomic mass is 9.84. The number of piperidine rings is 1. The molecule has 0 bridgehead atoms. The molecule has 2 aliphatic rings. The molecule has 0 radical (unpaired) electrons. The molecule has 2 aliphatic heterocycles. The van der Waals surface area contributed by atoms with Crippen molar-refractivity contribution in [1.29, 1.82) is 0 Å². The second kappa shape index (κ2) is 5.72. The van der Waals surface area contributed by atoms with E-state index in [1.807, 2.05) is 18.7 Å². The zero-order valence-electron chi connectivity index (χ0n) is 13.2. The Labute approximate surface area is 140 Å². The van der Waals surface area contributed by atoms with E-state index in [1.165, 1.54) is 12.1 Å². The summed E-state index contributed by atoms with van der Waals surface area (Å²) in [6.45, 7) is 4.39. The maximum absolute atomic E-state index is 11.1. The summed E-state index contributed by atoms with van der Waals surface area (Å²) in [4.78, 5) is 13.5. The van der Waals surface area contributed by atoms with E-state index in [-0.39, 0.29) is 5.69 Å². The van der Waals surface area contributed by atoms with Gasteiger partial charge in [0.05, 0.1) is 16.0 Å². The number of benzene rings is 1. The van der Waals surface area contributed by atoms with Gasteiger partial charge in [-0.15, -0.1) is 0 Å². The molecule has 0 spiro atoms. The minimum Gasteiger partial charge on any atom is -0.485 e. The molecule has 6 nitrogen and oxygen atoms in total. The third-order valence-corrected chi connectivity index (χ3v) is 5.04. The zero-order chi connectivity index (χ0) is 16.8. The van der Waals surface area contributed by atoms with Crippen LogP contribution in [0.1, 0.15) is 44.7 Å². The summed E-state index contributed by atoms with van der Waals surface area (Å²) in [5, 5.41) is 22.0. The number of ether oxygens (including phenoxy) is 1. The van der Waals surface area contributed by atoms with Crippen LogP contribution in [-0.2, 0) is 0 Å². The van der Waals surface area contributed by atoms with Crippen molar-refractivity contribution < 1.29 is 14.8 Å². The van der Waals surface area contributed by atoms with Crippen LogP contribution >= 0.6 is 12.2 Å². The van der Waals surface area contributed by atoms with Crippen molar-refractivity contribution in [3.05, 3.63) is 33.9 Å². The summed E-state index contributed by atoms with van der Waals surface area (Å²) < 4.78 is 5.88. The number of hydrogen-bond acceptors (Lipinski definition) is 5. The summed E-state index contributed by atoms with van der Waals surface area (Å²) in [6.07, 6.45) is 2.02. The quantitative estimate of drug-likeness (QED) is 0.508. The highest BCUT2D eigenvalue weighted by Crippen LogP contribution is 2.45. The zero-order valence-corrected chi connectivity index (χ0v) is 14.0. The van der Waals surface area contributed by atoms with Crippen LogP contribution in [0, 0.1) is 10.1 Å². The fourth-order valence-corrected chi connectivity index (χ4v) is 3.68. The molecule has 1 saturated heterocycles. The molecule has 0 unspecified atom stereocenters. The Morgan fingerprint density at radius 2 is 2.17 bits per heavy atom. The average Bonchev–Trinajstić information content (AvgIpc) is 2.49. The Kier molecular flexibility index (Phi) is 4.01. The maximum Gasteiger partial charge on any atom is 0.270 e. The lowest BCUT2D eigenvalue weighted by Gasteiger charge is -2.48. The highest BCUT2D eigenvalue weighted by atomic mass is 32.1. The van der Waals surface area contributed by atoms with Crippen LogP contribution in [0.4, 0.5) is 5.69 Å². The van der Waals surface area contributed by atoms with Gasteiger partial charge in [0.1, 0.15) is 17.5 Å². The van der Waals surface area contributed by atoms with E-state index in [9.17, 15) is 15.2 Å². The Bertz CT molecular complexity index is 661.